The molecule has 0 spiro atoms. The molecular weight excluding hydrogens is 320 g/mol. The molecule has 0 bridgehead atoms. The van der Waals surface area contributed by atoms with Gasteiger partial charge < -0.3 is 4.57 Å². The Bertz CT molecular complexity index is 756. The van der Waals surface area contributed by atoms with Crippen LogP contribution in [0.5, 0.6) is 0 Å². The lowest BCUT2D eigenvalue weighted by Crippen LogP contribution is -2.37. The molecule has 18 heavy (non-hydrogen) atoms. The largest absolute Gasteiger partial charge is 0.332 e. The van der Waals surface area contributed by atoms with Gasteiger partial charge in [0.25, 0.3) is 5.56 Å². The Kier molecular flexibility index (Phi) is 2.67. The Morgan fingerprint density at radius 3 is 2.67 bits per heavy atom. The molecule has 0 radical (unpaired) electrons. The van der Waals surface area contributed by atoms with Gasteiger partial charge in [-0.15, -0.1) is 0 Å². The summed E-state index contributed by atoms with van der Waals surface area (Å²) in [5.74, 6) is 1.11. The van der Waals surface area contributed by atoms with Crippen molar-refractivity contribution >= 4 is 38.9 Å². The molecule has 1 unspecified atom stereocenters. The fraction of sp³-hybridized carbons (Fsp3) is 0.500. The smallest absolute Gasteiger partial charge is 0.312 e. The Morgan fingerprint density at radius 1 is 1.39 bits per heavy atom. The molecule has 0 amide bonds. The van der Waals surface area contributed by atoms with Crippen LogP contribution >= 0.6 is 27.7 Å². The summed E-state index contributed by atoms with van der Waals surface area (Å²) in [4.78, 5) is 28.3. The summed E-state index contributed by atoms with van der Waals surface area (Å²) in [6.07, 6.45) is 0. The summed E-state index contributed by atoms with van der Waals surface area (Å²) in [5, 5.41) is 0.542. The van der Waals surface area contributed by atoms with Crippen molar-refractivity contribution in [3.05, 3.63) is 25.6 Å². The van der Waals surface area contributed by atoms with Crippen LogP contribution in [0.25, 0.3) is 11.2 Å². The lowest BCUT2D eigenvalue weighted by atomic mass is 10.4. The van der Waals surface area contributed by atoms with Crippen molar-refractivity contribution in [2.24, 2.45) is 14.1 Å². The number of halogens is 1. The van der Waals surface area contributed by atoms with Gasteiger partial charge in [-0.05, 0) is 15.9 Å². The average molecular weight is 331 g/mol. The first-order chi connectivity index (χ1) is 8.50. The van der Waals surface area contributed by atoms with E-state index < -0.39 is 0 Å². The zero-order valence-electron chi connectivity index (χ0n) is 9.88. The molecule has 8 heteroatoms. The highest BCUT2D eigenvalue weighted by molar-refractivity contribution is 9.10. The van der Waals surface area contributed by atoms with Gasteiger partial charge in [0.1, 0.15) is 0 Å². The summed E-state index contributed by atoms with van der Waals surface area (Å²) in [6.45, 7) is 0.745. The molecule has 1 aliphatic heterocycles. The van der Waals surface area contributed by atoms with Crippen molar-refractivity contribution in [2.75, 3.05) is 5.75 Å². The molecule has 1 aliphatic rings. The summed E-state index contributed by atoms with van der Waals surface area (Å²) in [6, 6.07) is 0. The fourth-order valence-electron chi connectivity index (χ4n) is 1.96. The molecule has 1 saturated heterocycles. The molecule has 0 saturated carbocycles. The van der Waals surface area contributed by atoms with E-state index in [0.717, 1.165) is 16.9 Å². The molecule has 1 fully saturated rings. The van der Waals surface area contributed by atoms with Gasteiger partial charge in [-0.1, -0.05) is 0 Å². The van der Waals surface area contributed by atoms with E-state index in [4.69, 9.17) is 0 Å². The van der Waals surface area contributed by atoms with Crippen LogP contribution in [0.2, 0.25) is 0 Å². The lowest BCUT2D eigenvalue weighted by molar-refractivity contribution is 0.690. The maximum absolute atomic E-state index is 12.2. The van der Waals surface area contributed by atoms with Gasteiger partial charge in [-0.25, -0.2) is 9.78 Å². The minimum absolute atomic E-state index is 0.294. The zero-order chi connectivity index (χ0) is 13.0. The predicted molar refractivity (Wildman–Crippen MR) is 74.2 cm³/mol. The minimum atomic E-state index is -0.356. The normalized spacial score (nSPS) is 18.5. The van der Waals surface area contributed by atoms with Crippen molar-refractivity contribution in [2.45, 2.75) is 11.8 Å². The van der Waals surface area contributed by atoms with E-state index in [0.29, 0.717) is 21.1 Å². The summed E-state index contributed by atoms with van der Waals surface area (Å²) in [7, 11) is 3.11. The number of imidazole rings is 1. The highest BCUT2D eigenvalue weighted by atomic mass is 79.9. The Labute approximate surface area is 115 Å². The van der Waals surface area contributed by atoms with Gasteiger partial charge >= 0.3 is 5.69 Å². The van der Waals surface area contributed by atoms with Crippen molar-refractivity contribution in [1.29, 1.82) is 0 Å². The van der Waals surface area contributed by atoms with E-state index >= 15 is 0 Å². The number of thioether (sulfide) groups is 1. The first-order valence-corrected chi connectivity index (χ1v) is 7.28. The van der Waals surface area contributed by atoms with Crippen LogP contribution in [-0.4, -0.2) is 29.7 Å². The summed E-state index contributed by atoms with van der Waals surface area (Å²) < 4.78 is 4.97. The highest BCUT2D eigenvalue weighted by Crippen LogP contribution is 2.33. The second-order valence-electron chi connectivity index (χ2n) is 4.32. The highest BCUT2D eigenvalue weighted by Gasteiger charge is 2.26. The van der Waals surface area contributed by atoms with E-state index in [1.165, 1.54) is 11.6 Å². The molecule has 0 aliphatic carbocycles. The van der Waals surface area contributed by atoms with Crippen LogP contribution < -0.4 is 11.2 Å². The third kappa shape index (κ3) is 1.66. The minimum Gasteiger partial charge on any atom is -0.312 e. The zero-order valence-corrected chi connectivity index (χ0v) is 12.3. The Balaban J connectivity index is 2.40. The molecule has 2 aromatic rings. The number of aryl methyl sites for hydroxylation is 1. The van der Waals surface area contributed by atoms with Gasteiger partial charge in [0.15, 0.2) is 15.9 Å². The number of aromatic nitrogens is 4. The third-order valence-electron chi connectivity index (χ3n) is 3.09. The van der Waals surface area contributed by atoms with Crippen LogP contribution in [0.15, 0.2) is 14.3 Å². The first kappa shape index (κ1) is 12.0. The first-order valence-electron chi connectivity index (χ1n) is 5.44. The van der Waals surface area contributed by atoms with Crippen molar-refractivity contribution in [3.8, 4) is 0 Å². The van der Waals surface area contributed by atoms with Gasteiger partial charge in [0.2, 0.25) is 0 Å². The van der Waals surface area contributed by atoms with Gasteiger partial charge in [0.05, 0.1) is 0 Å². The van der Waals surface area contributed by atoms with Crippen molar-refractivity contribution in [3.63, 3.8) is 0 Å². The standard InChI is InChI=1S/C10H11BrN4O2S/c1-13-7-6(8(16)14(2)10(13)17)15(9(11)12-7)3-5-4-18-5/h5H,3-4H2,1-2H3. The van der Waals surface area contributed by atoms with Crippen LogP contribution in [0.4, 0.5) is 0 Å². The van der Waals surface area contributed by atoms with E-state index in [9.17, 15) is 9.59 Å². The second-order valence-corrected chi connectivity index (χ2v) is 6.37. The summed E-state index contributed by atoms with van der Waals surface area (Å²) in [5.41, 5.74) is 0.266. The molecule has 2 aromatic heterocycles. The van der Waals surface area contributed by atoms with Crippen LogP contribution in [-0.2, 0) is 20.6 Å². The molecule has 96 valence electrons. The average Bonchev–Trinajstić information content (AvgIpc) is 3.09. The Morgan fingerprint density at radius 2 is 2.06 bits per heavy atom. The number of nitrogens with zero attached hydrogens (tertiary/aromatic N) is 4. The van der Waals surface area contributed by atoms with Gasteiger partial charge in [-0.2, -0.15) is 11.8 Å². The number of hydrogen-bond donors (Lipinski definition) is 0. The number of fused-ring (bicyclic) bond motifs is 1. The summed E-state index contributed by atoms with van der Waals surface area (Å²) >= 11 is 5.22. The maximum atomic E-state index is 12.2. The molecular formula is C10H11BrN4O2S. The van der Waals surface area contributed by atoms with E-state index in [-0.39, 0.29) is 11.2 Å². The fourth-order valence-corrected chi connectivity index (χ4v) is 2.95. The second kappa shape index (κ2) is 3.99. The molecule has 3 rings (SSSR count). The van der Waals surface area contributed by atoms with Crippen molar-refractivity contribution < 1.29 is 0 Å². The van der Waals surface area contributed by atoms with Crippen LogP contribution in [0, 0.1) is 0 Å². The van der Waals surface area contributed by atoms with E-state index in [2.05, 4.69) is 20.9 Å². The number of hydrogen-bond acceptors (Lipinski definition) is 4. The Hall–Kier alpha value is -1.02. The SMILES string of the molecule is Cn1c(=O)c2c(nc(Br)n2CC2CS2)n(C)c1=O. The molecule has 3 heterocycles. The molecule has 1 atom stereocenters. The molecule has 0 N–H and O–H groups in total. The van der Waals surface area contributed by atoms with Crippen LogP contribution in [0.3, 0.4) is 0 Å². The quantitative estimate of drug-likeness (QED) is 0.587. The predicted octanol–water partition coefficient (Wildman–Crippen LogP) is 0.312. The molecule has 6 nitrogen and oxygen atoms in total. The monoisotopic (exact) mass is 330 g/mol. The van der Waals surface area contributed by atoms with E-state index in [1.54, 1.807) is 7.05 Å². The topological polar surface area (TPSA) is 61.8 Å². The maximum Gasteiger partial charge on any atom is 0.332 e. The molecule has 0 aromatic carbocycles. The van der Waals surface area contributed by atoms with Crippen LogP contribution in [0.1, 0.15) is 0 Å². The van der Waals surface area contributed by atoms with Gasteiger partial charge in [0, 0.05) is 31.6 Å². The third-order valence-corrected chi connectivity index (χ3v) is 4.65. The van der Waals surface area contributed by atoms with Crippen molar-refractivity contribution in [1.82, 2.24) is 18.7 Å². The number of rotatable bonds is 2. The van der Waals surface area contributed by atoms with E-state index in [1.807, 2.05) is 16.3 Å². The van der Waals surface area contributed by atoms with Gasteiger partial charge in [-0.3, -0.25) is 13.9 Å². The lowest BCUT2D eigenvalue weighted by Gasteiger charge is -2.05.